The van der Waals surface area contributed by atoms with Crippen LogP contribution >= 0.6 is 0 Å². The highest BCUT2D eigenvalue weighted by Gasteiger charge is 2.39. The number of rotatable bonds is 6. The third-order valence-electron chi connectivity index (χ3n) is 3.23. The van der Waals surface area contributed by atoms with E-state index in [1.807, 2.05) is 37.3 Å². The van der Waals surface area contributed by atoms with Gasteiger partial charge < -0.3 is 19.3 Å². The topological polar surface area (TPSA) is 47.9 Å². The van der Waals surface area contributed by atoms with Gasteiger partial charge in [-0.25, -0.2) is 0 Å². The summed E-state index contributed by atoms with van der Waals surface area (Å²) < 4.78 is 16.2. The summed E-state index contributed by atoms with van der Waals surface area (Å²) in [6, 6.07) is 5.79. The van der Waals surface area contributed by atoms with Crippen LogP contribution in [0.4, 0.5) is 0 Å². The summed E-state index contributed by atoms with van der Waals surface area (Å²) in [7, 11) is 1.62. The van der Waals surface area contributed by atoms with Crippen molar-refractivity contribution in [1.29, 1.82) is 0 Å². The molecule has 1 fully saturated rings. The van der Waals surface area contributed by atoms with E-state index >= 15 is 0 Å². The van der Waals surface area contributed by atoms with Gasteiger partial charge in [0.2, 0.25) is 0 Å². The van der Waals surface area contributed by atoms with E-state index < -0.39 is 0 Å². The summed E-state index contributed by atoms with van der Waals surface area (Å²) in [5.41, 5.74) is 0.808. The Morgan fingerprint density at radius 2 is 2.16 bits per heavy atom. The van der Waals surface area contributed by atoms with E-state index in [-0.39, 0.29) is 12.0 Å². The van der Waals surface area contributed by atoms with Gasteiger partial charge in [-0.15, -0.1) is 0 Å². The fourth-order valence-corrected chi connectivity index (χ4v) is 1.94. The van der Waals surface area contributed by atoms with Gasteiger partial charge in [0, 0.05) is 0 Å². The maximum atomic E-state index is 9.35. The number of benzene rings is 1. The smallest absolute Gasteiger partial charge is 0.161 e. The van der Waals surface area contributed by atoms with E-state index in [2.05, 4.69) is 0 Å². The number of allylic oxidation sites excluding steroid dienone is 1. The molecule has 0 saturated carbocycles. The van der Waals surface area contributed by atoms with Gasteiger partial charge in [-0.1, -0.05) is 18.2 Å². The van der Waals surface area contributed by atoms with Crippen LogP contribution in [0.15, 0.2) is 24.3 Å². The Balaban J connectivity index is 2.07. The lowest BCUT2D eigenvalue weighted by Crippen LogP contribution is -2.49. The van der Waals surface area contributed by atoms with Crippen molar-refractivity contribution in [3.63, 3.8) is 0 Å². The lowest BCUT2D eigenvalue weighted by atomic mass is 9.88. The Hall–Kier alpha value is -1.52. The van der Waals surface area contributed by atoms with Crippen molar-refractivity contribution in [1.82, 2.24) is 0 Å². The molecule has 1 N–H and O–H groups in total. The van der Waals surface area contributed by atoms with E-state index in [1.54, 1.807) is 7.11 Å². The van der Waals surface area contributed by atoms with Crippen molar-refractivity contribution in [3.05, 3.63) is 29.8 Å². The summed E-state index contributed by atoms with van der Waals surface area (Å²) >= 11 is 0. The molecule has 1 aliphatic rings. The van der Waals surface area contributed by atoms with Crippen LogP contribution < -0.4 is 9.47 Å². The average Bonchev–Trinajstić information content (AvgIpc) is 2.39. The predicted molar refractivity (Wildman–Crippen MR) is 73.5 cm³/mol. The second-order valence-corrected chi connectivity index (χ2v) is 4.85. The molecule has 1 aromatic carbocycles. The number of hydrogen-bond donors (Lipinski definition) is 1. The first-order chi connectivity index (χ1) is 9.23. The molecular formula is C15H20O4. The van der Waals surface area contributed by atoms with Crippen LogP contribution in [0.3, 0.4) is 0 Å². The Bertz CT molecular complexity index is 444. The quantitative estimate of drug-likeness (QED) is 0.855. The molecule has 0 bridgehead atoms. The van der Waals surface area contributed by atoms with Crippen molar-refractivity contribution in [2.24, 2.45) is 5.41 Å². The van der Waals surface area contributed by atoms with Crippen LogP contribution in [-0.2, 0) is 4.74 Å². The fraction of sp³-hybridized carbons (Fsp3) is 0.467. The molecule has 4 nitrogen and oxygen atoms in total. The molecule has 0 atom stereocenters. The molecule has 0 aromatic heterocycles. The number of hydrogen-bond acceptors (Lipinski definition) is 4. The Morgan fingerprint density at radius 1 is 1.37 bits per heavy atom. The average molecular weight is 264 g/mol. The standard InChI is InChI=1S/C15H20O4/c1-3-4-12-5-6-13(14(7-12)17-2)19-11-15(8-16)9-18-10-15/h3-7,16H,8-11H2,1-2H3/b4-3+. The zero-order valence-corrected chi connectivity index (χ0v) is 11.4. The van der Waals surface area contributed by atoms with Crippen LogP contribution in [0, 0.1) is 5.41 Å². The summed E-state index contributed by atoms with van der Waals surface area (Å²) in [5.74, 6) is 1.39. The second-order valence-electron chi connectivity index (χ2n) is 4.85. The van der Waals surface area contributed by atoms with E-state index in [4.69, 9.17) is 14.2 Å². The number of aliphatic hydroxyl groups excluding tert-OH is 1. The summed E-state index contributed by atoms with van der Waals surface area (Å²) in [5, 5.41) is 9.35. The van der Waals surface area contributed by atoms with Crippen LogP contribution in [0.25, 0.3) is 6.08 Å². The molecular weight excluding hydrogens is 244 g/mol. The zero-order chi connectivity index (χ0) is 13.7. The monoisotopic (exact) mass is 264 g/mol. The normalized spacial score (nSPS) is 17.2. The predicted octanol–water partition coefficient (Wildman–Crippen LogP) is 2.12. The van der Waals surface area contributed by atoms with Crippen molar-refractivity contribution >= 4 is 6.08 Å². The van der Waals surface area contributed by atoms with E-state index in [9.17, 15) is 5.11 Å². The third-order valence-corrected chi connectivity index (χ3v) is 3.23. The number of ether oxygens (including phenoxy) is 3. The molecule has 19 heavy (non-hydrogen) atoms. The first-order valence-corrected chi connectivity index (χ1v) is 6.35. The fourth-order valence-electron chi connectivity index (χ4n) is 1.94. The minimum Gasteiger partial charge on any atom is -0.493 e. The molecule has 1 aliphatic heterocycles. The molecule has 2 rings (SSSR count). The highest BCUT2D eigenvalue weighted by atomic mass is 16.5. The van der Waals surface area contributed by atoms with Gasteiger partial charge in [-0.05, 0) is 24.6 Å². The Labute approximate surface area is 113 Å². The second kappa shape index (κ2) is 6.08. The zero-order valence-electron chi connectivity index (χ0n) is 11.4. The Morgan fingerprint density at radius 3 is 2.68 bits per heavy atom. The van der Waals surface area contributed by atoms with E-state index in [0.29, 0.717) is 31.3 Å². The van der Waals surface area contributed by atoms with Crippen molar-refractivity contribution in [2.45, 2.75) is 6.92 Å². The number of methoxy groups -OCH3 is 1. The molecule has 1 saturated heterocycles. The molecule has 0 unspecified atom stereocenters. The Kier molecular flexibility index (Phi) is 4.45. The van der Waals surface area contributed by atoms with Gasteiger partial charge in [0.05, 0.1) is 32.3 Å². The van der Waals surface area contributed by atoms with Gasteiger partial charge in [-0.3, -0.25) is 0 Å². The lowest BCUT2D eigenvalue weighted by molar-refractivity contribution is -0.153. The first-order valence-electron chi connectivity index (χ1n) is 6.35. The molecule has 0 amide bonds. The van der Waals surface area contributed by atoms with Gasteiger partial charge in [0.15, 0.2) is 11.5 Å². The first kappa shape index (κ1) is 13.9. The van der Waals surface area contributed by atoms with Gasteiger partial charge in [0.1, 0.15) is 6.61 Å². The molecule has 1 aromatic rings. The molecule has 4 heteroatoms. The third kappa shape index (κ3) is 3.08. The van der Waals surface area contributed by atoms with Crippen LogP contribution in [0.1, 0.15) is 12.5 Å². The summed E-state index contributed by atoms with van der Waals surface area (Å²) in [6.45, 7) is 3.57. The maximum Gasteiger partial charge on any atom is 0.161 e. The molecule has 0 aliphatic carbocycles. The van der Waals surface area contributed by atoms with Crippen molar-refractivity contribution in [2.75, 3.05) is 33.5 Å². The van der Waals surface area contributed by atoms with Gasteiger partial charge >= 0.3 is 0 Å². The minimum absolute atomic E-state index is 0.0754. The van der Waals surface area contributed by atoms with Gasteiger partial charge in [-0.2, -0.15) is 0 Å². The highest BCUT2D eigenvalue weighted by Crippen LogP contribution is 2.32. The van der Waals surface area contributed by atoms with E-state index in [0.717, 1.165) is 5.56 Å². The molecule has 0 radical (unpaired) electrons. The number of aliphatic hydroxyl groups is 1. The SMILES string of the molecule is C/C=C/c1ccc(OCC2(CO)COC2)c(OC)c1. The van der Waals surface area contributed by atoms with Crippen molar-refractivity contribution < 1.29 is 19.3 Å². The maximum absolute atomic E-state index is 9.35. The lowest BCUT2D eigenvalue weighted by Gasteiger charge is -2.39. The van der Waals surface area contributed by atoms with Crippen LogP contribution in [0.5, 0.6) is 11.5 Å². The molecule has 0 spiro atoms. The van der Waals surface area contributed by atoms with Crippen LogP contribution in [-0.4, -0.2) is 38.6 Å². The van der Waals surface area contributed by atoms with Gasteiger partial charge in [0.25, 0.3) is 0 Å². The minimum atomic E-state index is -0.257. The highest BCUT2D eigenvalue weighted by molar-refractivity contribution is 5.55. The molecule has 1 heterocycles. The largest absolute Gasteiger partial charge is 0.493 e. The summed E-state index contributed by atoms with van der Waals surface area (Å²) in [6.07, 6.45) is 3.98. The van der Waals surface area contributed by atoms with Crippen LogP contribution in [0.2, 0.25) is 0 Å². The molecule has 104 valence electrons. The summed E-state index contributed by atoms with van der Waals surface area (Å²) in [4.78, 5) is 0. The van der Waals surface area contributed by atoms with Crippen molar-refractivity contribution in [3.8, 4) is 11.5 Å². The van der Waals surface area contributed by atoms with E-state index in [1.165, 1.54) is 0 Å².